The summed E-state index contributed by atoms with van der Waals surface area (Å²) in [5.74, 6) is 0.827. The summed E-state index contributed by atoms with van der Waals surface area (Å²) in [5, 5.41) is 7.46. The van der Waals surface area contributed by atoms with Gasteiger partial charge in [-0.1, -0.05) is 26.7 Å². The molecular formula is C16H34N2. The Labute approximate surface area is 114 Å². The third kappa shape index (κ3) is 7.38. The molecule has 0 radical (unpaired) electrons. The van der Waals surface area contributed by atoms with Gasteiger partial charge in [-0.05, 0) is 58.4 Å². The highest BCUT2D eigenvalue weighted by atomic mass is 15.0. The number of hydrogen-bond donors (Lipinski definition) is 2. The molecule has 1 heterocycles. The first-order chi connectivity index (χ1) is 8.58. The molecule has 1 rings (SSSR count). The van der Waals surface area contributed by atoms with E-state index in [1.807, 2.05) is 0 Å². The minimum Gasteiger partial charge on any atom is -0.314 e. The molecule has 2 N–H and O–H groups in total. The van der Waals surface area contributed by atoms with E-state index >= 15 is 0 Å². The second-order valence-electron chi connectivity index (χ2n) is 6.68. The van der Waals surface area contributed by atoms with Crippen molar-refractivity contribution in [2.75, 3.05) is 6.54 Å². The molecule has 18 heavy (non-hydrogen) atoms. The van der Waals surface area contributed by atoms with Crippen molar-refractivity contribution >= 4 is 0 Å². The fraction of sp³-hybridized carbons (Fsp3) is 1.00. The molecule has 2 nitrogen and oxygen atoms in total. The number of hydrogen-bond acceptors (Lipinski definition) is 2. The summed E-state index contributed by atoms with van der Waals surface area (Å²) in [6.07, 6.45) is 9.48. The van der Waals surface area contributed by atoms with Crippen LogP contribution in [0.15, 0.2) is 0 Å². The van der Waals surface area contributed by atoms with Gasteiger partial charge in [-0.15, -0.1) is 0 Å². The van der Waals surface area contributed by atoms with Crippen molar-refractivity contribution in [2.24, 2.45) is 5.92 Å². The Hall–Kier alpha value is -0.0800. The fourth-order valence-corrected chi connectivity index (χ4v) is 2.95. The van der Waals surface area contributed by atoms with Gasteiger partial charge in [0.1, 0.15) is 0 Å². The van der Waals surface area contributed by atoms with E-state index in [1.165, 1.54) is 51.5 Å². The Morgan fingerprint density at radius 1 is 1.00 bits per heavy atom. The van der Waals surface area contributed by atoms with Gasteiger partial charge in [0.25, 0.3) is 0 Å². The average Bonchev–Trinajstić information content (AvgIpc) is 2.54. The average molecular weight is 254 g/mol. The molecule has 1 aliphatic rings. The molecule has 0 aliphatic carbocycles. The summed E-state index contributed by atoms with van der Waals surface area (Å²) < 4.78 is 0. The van der Waals surface area contributed by atoms with Crippen LogP contribution in [0.25, 0.3) is 0 Å². The zero-order valence-electron chi connectivity index (χ0n) is 13.0. The van der Waals surface area contributed by atoms with Gasteiger partial charge < -0.3 is 10.6 Å². The Morgan fingerprint density at radius 3 is 2.50 bits per heavy atom. The molecule has 1 aliphatic heterocycles. The van der Waals surface area contributed by atoms with Crippen LogP contribution < -0.4 is 10.6 Å². The summed E-state index contributed by atoms with van der Waals surface area (Å²) in [5.41, 5.74) is 0. The van der Waals surface area contributed by atoms with Crippen LogP contribution in [0.2, 0.25) is 0 Å². The predicted octanol–water partition coefficient (Wildman–Crippen LogP) is 3.71. The minimum absolute atomic E-state index is 0.641. The van der Waals surface area contributed by atoms with E-state index in [0.717, 1.165) is 12.0 Å². The molecule has 1 saturated heterocycles. The summed E-state index contributed by atoms with van der Waals surface area (Å²) in [7, 11) is 0. The SMILES string of the molecule is CC(C)CCC(C)NC(C)CC1CCCCCN1. The molecule has 0 amide bonds. The van der Waals surface area contributed by atoms with E-state index in [4.69, 9.17) is 0 Å². The van der Waals surface area contributed by atoms with Crippen LogP contribution in [0.3, 0.4) is 0 Å². The van der Waals surface area contributed by atoms with Crippen molar-refractivity contribution in [3.05, 3.63) is 0 Å². The van der Waals surface area contributed by atoms with Crippen LogP contribution in [0.1, 0.15) is 72.6 Å². The van der Waals surface area contributed by atoms with E-state index in [-0.39, 0.29) is 0 Å². The summed E-state index contributed by atoms with van der Waals surface area (Å²) >= 11 is 0. The maximum Gasteiger partial charge on any atom is 0.00817 e. The lowest BCUT2D eigenvalue weighted by atomic mass is 10.0. The normalized spacial score (nSPS) is 24.8. The highest BCUT2D eigenvalue weighted by molar-refractivity contribution is 4.77. The minimum atomic E-state index is 0.641. The zero-order valence-corrected chi connectivity index (χ0v) is 13.0. The van der Waals surface area contributed by atoms with E-state index in [2.05, 4.69) is 38.3 Å². The van der Waals surface area contributed by atoms with Gasteiger partial charge in [0, 0.05) is 18.1 Å². The lowest BCUT2D eigenvalue weighted by molar-refractivity contribution is 0.358. The van der Waals surface area contributed by atoms with Crippen molar-refractivity contribution in [1.29, 1.82) is 0 Å². The van der Waals surface area contributed by atoms with Gasteiger partial charge in [0.15, 0.2) is 0 Å². The van der Waals surface area contributed by atoms with Gasteiger partial charge in [0.05, 0.1) is 0 Å². The van der Waals surface area contributed by atoms with E-state index in [0.29, 0.717) is 12.1 Å². The van der Waals surface area contributed by atoms with E-state index in [9.17, 15) is 0 Å². The molecule has 0 saturated carbocycles. The van der Waals surface area contributed by atoms with Crippen molar-refractivity contribution in [3.8, 4) is 0 Å². The van der Waals surface area contributed by atoms with E-state index in [1.54, 1.807) is 0 Å². The molecule has 0 aromatic carbocycles. The Kier molecular flexibility index (Phi) is 7.92. The van der Waals surface area contributed by atoms with Crippen LogP contribution in [-0.4, -0.2) is 24.7 Å². The standard InChI is InChI=1S/C16H34N2/c1-13(2)9-10-14(3)18-15(4)12-16-8-6-5-7-11-17-16/h13-18H,5-12H2,1-4H3. The van der Waals surface area contributed by atoms with Crippen LogP contribution in [0.4, 0.5) is 0 Å². The van der Waals surface area contributed by atoms with Gasteiger partial charge in [-0.25, -0.2) is 0 Å². The topological polar surface area (TPSA) is 24.1 Å². The molecule has 0 spiro atoms. The summed E-state index contributed by atoms with van der Waals surface area (Å²) in [6.45, 7) is 10.5. The smallest absolute Gasteiger partial charge is 0.00817 e. The van der Waals surface area contributed by atoms with Crippen LogP contribution in [-0.2, 0) is 0 Å². The van der Waals surface area contributed by atoms with Crippen LogP contribution >= 0.6 is 0 Å². The molecule has 0 bridgehead atoms. The van der Waals surface area contributed by atoms with Gasteiger partial charge in [-0.3, -0.25) is 0 Å². The van der Waals surface area contributed by atoms with Gasteiger partial charge in [0.2, 0.25) is 0 Å². The van der Waals surface area contributed by atoms with Crippen LogP contribution in [0.5, 0.6) is 0 Å². The maximum atomic E-state index is 3.76. The van der Waals surface area contributed by atoms with Gasteiger partial charge >= 0.3 is 0 Å². The highest BCUT2D eigenvalue weighted by Gasteiger charge is 2.16. The first-order valence-corrected chi connectivity index (χ1v) is 8.07. The molecular weight excluding hydrogens is 220 g/mol. The molecule has 0 aromatic heterocycles. The van der Waals surface area contributed by atoms with Crippen molar-refractivity contribution in [3.63, 3.8) is 0 Å². The van der Waals surface area contributed by atoms with Crippen molar-refractivity contribution in [2.45, 2.75) is 90.8 Å². The highest BCUT2D eigenvalue weighted by Crippen LogP contribution is 2.13. The molecule has 108 valence electrons. The Morgan fingerprint density at radius 2 is 1.78 bits per heavy atom. The molecule has 3 atom stereocenters. The lowest BCUT2D eigenvalue weighted by Gasteiger charge is -2.25. The van der Waals surface area contributed by atoms with E-state index < -0.39 is 0 Å². The first kappa shape index (κ1) is 16.0. The monoisotopic (exact) mass is 254 g/mol. The first-order valence-electron chi connectivity index (χ1n) is 8.07. The second-order valence-corrected chi connectivity index (χ2v) is 6.68. The quantitative estimate of drug-likeness (QED) is 0.723. The number of rotatable bonds is 7. The molecule has 3 unspecified atom stereocenters. The third-order valence-corrected chi connectivity index (χ3v) is 4.05. The Bertz CT molecular complexity index is 195. The largest absolute Gasteiger partial charge is 0.314 e. The van der Waals surface area contributed by atoms with Crippen molar-refractivity contribution in [1.82, 2.24) is 10.6 Å². The fourth-order valence-electron chi connectivity index (χ4n) is 2.95. The summed E-state index contributed by atoms with van der Waals surface area (Å²) in [4.78, 5) is 0. The maximum absolute atomic E-state index is 3.76. The van der Waals surface area contributed by atoms with Crippen LogP contribution in [0, 0.1) is 5.92 Å². The molecule has 1 fully saturated rings. The van der Waals surface area contributed by atoms with Crippen molar-refractivity contribution < 1.29 is 0 Å². The number of nitrogens with one attached hydrogen (secondary N) is 2. The Balaban J connectivity index is 2.16. The summed E-state index contributed by atoms with van der Waals surface area (Å²) in [6, 6.07) is 2.04. The third-order valence-electron chi connectivity index (χ3n) is 4.05. The lowest BCUT2D eigenvalue weighted by Crippen LogP contribution is -2.40. The predicted molar refractivity (Wildman–Crippen MR) is 81.0 cm³/mol. The van der Waals surface area contributed by atoms with Gasteiger partial charge in [-0.2, -0.15) is 0 Å². The zero-order chi connectivity index (χ0) is 13.4. The second kappa shape index (κ2) is 8.92. The molecule has 2 heteroatoms. The molecule has 0 aromatic rings.